The molecule has 2 saturated heterocycles. The van der Waals surface area contributed by atoms with Gasteiger partial charge in [-0.2, -0.15) is 4.98 Å². The van der Waals surface area contributed by atoms with Crippen LogP contribution in [-0.4, -0.2) is 77.2 Å². The van der Waals surface area contributed by atoms with Gasteiger partial charge in [0, 0.05) is 56.3 Å². The summed E-state index contributed by atoms with van der Waals surface area (Å²) >= 11 is 0. The summed E-state index contributed by atoms with van der Waals surface area (Å²) in [5.74, 6) is -0.0486. The van der Waals surface area contributed by atoms with E-state index in [-0.39, 0.29) is 25.9 Å². The number of halogens is 2. The van der Waals surface area contributed by atoms with Crippen molar-refractivity contribution in [2.24, 2.45) is 0 Å². The summed E-state index contributed by atoms with van der Waals surface area (Å²) in [5, 5.41) is 3.90. The standard InChI is InChI=1S/C24H31F2N7O2/c1-34-19-15-17-18(16-20(19)35-14-4-11-32-9-2-3-10-32)29-23(33-12-5-24(25,26)6-13-33)31-21(17)30-22-27-7-8-28-22/h7-8,15-16H,2-6,9-14H2,1H3,(H2,27,28,29,30,31). The van der Waals surface area contributed by atoms with E-state index in [0.29, 0.717) is 46.7 Å². The lowest BCUT2D eigenvalue weighted by atomic mass is 10.1. The van der Waals surface area contributed by atoms with Crippen molar-refractivity contribution in [3.63, 3.8) is 0 Å². The third-order valence-corrected chi connectivity index (χ3v) is 6.56. The van der Waals surface area contributed by atoms with Crippen LogP contribution in [0.3, 0.4) is 0 Å². The Kier molecular flexibility index (Phi) is 6.85. The molecule has 0 saturated carbocycles. The molecule has 4 heterocycles. The van der Waals surface area contributed by atoms with E-state index in [9.17, 15) is 8.78 Å². The predicted molar refractivity (Wildman–Crippen MR) is 130 cm³/mol. The van der Waals surface area contributed by atoms with Gasteiger partial charge in [0.15, 0.2) is 11.5 Å². The van der Waals surface area contributed by atoms with Gasteiger partial charge < -0.3 is 29.6 Å². The summed E-state index contributed by atoms with van der Waals surface area (Å²) < 4.78 is 39.2. The molecule has 11 heteroatoms. The number of imidazole rings is 1. The van der Waals surface area contributed by atoms with Crippen LogP contribution >= 0.6 is 0 Å². The maximum Gasteiger partial charge on any atom is 0.251 e. The molecule has 0 amide bonds. The fraction of sp³-hybridized carbons (Fsp3) is 0.542. The normalized spacial score (nSPS) is 18.2. The lowest BCUT2D eigenvalue weighted by molar-refractivity contribution is -0.0222. The first-order chi connectivity index (χ1) is 17.0. The van der Waals surface area contributed by atoms with Crippen molar-refractivity contribution < 1.29 is 18.3 Å². The number of aromatic amines is 1. The molecule has 9 nitrogen and oxygen atoms in total. The fourth-order valence-electron chi connectivity index (χ4n) is 4.59. The second-order valence-corrected chi connectivity index (χ2v) is 9.05. The van der Waals surface area contributed by atoms with Crippen molar-refractivity contribution in [2.45, 2.75) is 38.0 Å². The third-order valence-electron chi connectivity index (χ3n) is 6.56. The number of fused-ring (bicyclic) bond motifs is 1. The van der Waals surface area contributed by atoms with E-state index in [1.165, 1.54) is 12.8 Å². The summed E-state index contributed by atoms with van der Waals surface area (Å²) in [6.45, 7) is 4.28. The number of nitrogens with zero attached hydrogens (tertiary/aromatic N) is 5. The van der Waals surface area contributed by atoms with Gasteiger partial charge in [0.25, 0.3) is 5.92 Å². The number of ether oxygens (including phenoxy) is 2. The first-order valence-electron chi connectivity index (χ1n) is 12.1. The SMILES string of the molecule is COc1cc2c(Nc3ncc[nH]3)nc(N3CCC(F)(F)CC3)nc2cc1OCCCN1CCCC1. The minimum Gasteiger partial charge on any atom is -0.493 e. The molecular formula is C24H31F2N7O2. The van der Waals surface area contributed by atoms with Crippen LogP contribution in [0.4, 0.5) is 26.5 Å². The number of alkyl halides is 2. The number of hydrogen-bond acceptors (Lipinski definition) is 8. The highest BCUT2D eigenvalue weighted by Gasteiger charge is 2.35. The van der Waals surface area contributed by atoms with E-state index in [0.717, 1.165) is 26.1 Å². The van der Waals surface area contributed by atoms with Crippen LogP contribution in [0.2, 0.25) is 0 Å². The largest absolute Gasteiger partial charge is 0.493 e. The molecule has 0 radical (unpaired) electrons. The molecule has 0 aliphatic carbocycles. The first kappa shape index (κ1) is 23.5. The number of benzene rings is 1. The van der Waals surface area contributed by atoms with E-state index < -0.39 is 5.92 Å². The molecule has 5 rings (SSSR count). The minimum atomic E-state index is -2.65. The highest BCUT2D eigenvalue weighted by Crippen LogP contribution is 2.37. The summed E-state index contributed by atoms with van der Waals surface area (Å²) in [7, 11) is 1.60. The lowest BCUT2D eigenvalue weighted by Gasteiger charge is -2.32. The van der Waals surface area contributed by atoms with Crippen molar-refractivity contribution in [1.29, 1.82) is 0 Å². The summed E-state index contributed by atoms with van der Waals surface area (Å²) in [5.41, 5.74) is 0.636. The smallest absolute Gasteiger partial charge is 0.251 e. The van der Waals surface area contributed by atoms with Gasteiger partial charge in [0.1, 0.15) is 5.82 Å². The van der Waals surface area contributed by atoms with Crippen molar-refractivity contribution in [1.82, 2.24) is 24.8 Å². The Morgan fingerprint density at radius 2 is 1.89 bits per heavy atom. The predicted octanol–water partition coefficient (Wildman–Crippen LogP) is 4.21. The van der Waals surface area contributed by atoms with Crippen LogP contribution in [-0.2, 0) is 0 Å². The van der Waals surface area contributed by atoms with Crippen molar-refractivity contribution in [2.75, 3.05) is 56.7 Å². The number of hydrogen-bond donors (Lipinski definition) is 2. The number of anilines is 3. The van der Waals surface area contributed by atoms with Crippen molar-refractivity contribution in [3.8, 4) is 11.5 Å². The molecule has 188 valence electrons. The Hall–Kier alpha value is -3.21. The van der Waals surface area contributed by atoms with Crippen LogP contribution in [0.15, 0.2) is 24.5 Å². The Morgan fingerprint density at radius 3 is 2.60 bits per heavy atom. The molecule has 2 fully saturated rings. The maximum atomic E-state index is 13.7. The number of rotatable bonds is 9. The van der Waals surface area contributed by atoms with Gasteiger partial charge in [-0.1, -0.05) is 0 Å². The molecule has 2 aliphatic heterocycles. The number of aromatic nitrogens is 4. The number of piperidine rings is 1. The average molecular weight is 488 g/mol. The second kappa shape index (κ2) is 10.2. The van der Waals surface area contributed by atoms with E-state index in [4.69, 9.17) is 14.5 Å². The van der Waals surface area contributed by atoms with Crippen molar-refractivity contribution in [3.05, 3.63) is 24.5 Å². The number of nitrogens with one attached hydrogen (secondary N) is 2. The molecular weight excluding hydrogens is 456 g/mol. The number of likely N-dealkylation sites (tertiary alicyclic amines) is 1. The van der Waals surface area contributed by atoms with Gasteiger partial charge in [-0.05, 0) is 38.4 Å². The van der Waals surface area contributed by atoms with Gasteiger partial charge >= 0.3 is 0 Å². The third kappa shape index (κ3) is 5.55. The zero-order chi connectivity index (χ0) is 24.3. The molecule has 0 spiro atoms. The Labute approximate surface area is 202 Å². The molecule has 1 aromatic carbocycles. The first-order valence-corrected chi connectivity index (χ1v) is 12.1. The van der Waals surface area contributed by atoms with Crippen LogP contribution in [0.1, 0.15) is 32.1 Å². The maximum absolute atomic E-state index is 13.7. The zero-order valence-corrected chi connectivity index (χ0v) is 19.9. The van der Waals surface area contributed by atoms with Gasteiger partial charge in [-0.3, -0.25) is 0 Å². The Bertz CT molecular complexity index is 1130. The zero-order valence-electron chi connectivity index (χ0n) is 19.9. The topological polar surface area (TPSA) is 91.4 Å². The lowest BCUT2D eigenvalue weighted by Crippen LogP contribution is -2.40. The highest BCUT2D eigenvalue weighted by molar-refractivity contribution is 5.93. The van der Waals surface area contributed by atoms with E-state index >= 15 is 0 Å². The highest BCUT2D eigenvalue weighted by atomic mass is 19.3. The molecule has 3 aromatic rings. The molecule has 0 bridgehead atoms. The number of H-pyrrole nitrogens is 1. The Morgan fingerprint density at radius 1 is 1.09 bits per heavy atom. The molecule has 0 unspecified atom stereocenters. The van der Waals surface area contributed by atoms with Gasteiger partial charge in [0.2, 0.25) is 11.9 Å². The van der Waals surface area contributed by atoms with Crippen molar-refractivity contribution >= 4 is 28.6 Å². The van der Waals surface area contributed by atoms with E-state index in [1.54, 1.807) is 24.4 Å². The Balaban J connectivity index is 1.42. The summed E-state index contributed by atoms with van der Waals surface area (Å²) in [4.78, 5) is 20.9. The molecule has 0 atom stereocenters. The monoisotopic (exact) mass is 487 g/mol. The van der Waals surface area contributed by atoms with Crippen LogP contribution < -0.4 is 19.7 Å². The summed E-state index contributed by atoms with van der Waals surface area (Å²) in [6, 6.07) is 3.67. The second-order valence-electron chi connectivity index (χ2n) is 9.05. The van der Waals surface area contributed by atoms with Crippen LogP contribution in [0.5, 0.6) is 11.5 Å². The molecule has 2 aliphatic rings. The number of methoxy groups -OCH3 is 1. The van der Waals surface area contributed by atoms with Crippen LogP contribution in [0, 0.1) is 0 Å². The molecule has 2 aromatic heterocycles. The van der Waals surface area contributed by atoms with E-state index in [1.807, 2.05) is 12.1 Å². The average Bonchev–Trinajstić information content (AvgIpc) is 3.56. The van der Waals surface area contributed by atoms with Crippen LogP contribution in [0.25, 0.3) is 10.9 Å². The van der Waals surface area contributed by atoms with Gasteiger partial charge in [-0.15, -0.1) is 0 Å². The van der Waals surface area contributed by atoms with Gasteiger partial charge in [0.05, 0.1) is 19.2 Å². The quantitative estimate of drug-likeness (QED) is 0.434. The van der Waals surface area contributed by atoms with E-state index in [2.05, 4.69) is 25.2 Å². The fourth-order valence-corrected chi connectivity index (χ4v) is 4.59. The summed E-state index contributed by atoms with van der Waals surface area (Å²) in [6.07, 6.45) is 6.35. The minimum absolute atomic E-state index is 0.189. The molecule has 2 N–H and O–H groups in total. The van der Waals surface area contributed by atoms with Gasteiger partial charge in [-0.25, -0.2) is 18.7 Å². The molecule has 35 heavy (non-hydrogen) atoms.